The molecule has 0 aliphatic rings. The van der Waals surface area contributed by atoms with Crippen molar-refractivity contribution in [2.45, 2.75) is 11.8 Å². The Bertz CT molecular complexity index is 847. The van der Waals surface area contributed by atoms with E-state index in [4.69, 9.17) is 27.6 Å². The van der Waals surface area contributed by atoms with E-state index < -0.39 is 0 Å². The van der Waals surface area contributed by atoms with Crippen LogP contribution in [0.4, 0.5) is 0 Å². The molecular weight excluding hydrogens is 375 g/mol. The monoisotopic (exact) mass is 386 g/mol. The number of thioether (sulfide) groups is 1. The molecule has 3 aromatic rings. The average Bonchev–Trinajstić information content (AvgIpc) is 3.10. The summed E-state index contributed by atoms with van der Waals surface area (Å²) in [5.41, 5.74) is 1.35. The number of hydrogen-bond donors (Lipinski definition) is 0. The Morgan fingerprint density at radius 2 is 2.17 bits per heavy atom. The molecule has 0 unspecified atom stereocenters. The van der Waals surface area contributed by atoms with Gasteiger partial charge in [-0.3, -0.25) is 4.79 Å². The minimum Gasteiger partial charge on any atom is -0.431 e. The molecule has 0 spiro atoms. The number of thiophene rings is 1. The van der Waals surface area contributed by atoms with Crippen LogP contribution in [0.3, 0.4) is 0 Å². The van der Waals surface area contributed by atoms with E-state index in [2.05, 4.69) is 4.98 Å². The molecule has 120 valence electrons. The highest BCUT2D eigenvalue weighted by Gasteiger charge is 2.14. The Labute approximate surface area is 151 Å². The van der Waals surface area contributed by atoms with Gasteiger partial charge in [-0.1, -0.05) is 35.0 Å². The quantitative estimate of drug-likeness (QED) is 0.582. The van der Waals surface area contributed by atoms with Crippen LogP contribution in [-0.4, -0.2) is 28.6 Å². The number of amides is 1. The van der Waals surface area contributed by atoms with Gasteiger partial charge in [0.25, 0.3) is 5.22 Å². The van der Waals surface area contributed by atoms with Crippen LogP contribution in [0.25, 0.3) is 11.1 Å². The van der Waals surface area contributed by atoms with E-state index in [9.17, 15) is 4.79 Å². The molecule has 0 N–H and O–H groups in total. The van der Waals surface area contributed by atoms with E-state index in [1.165, 1.54) is 23.1 Å². The lowest BCUT2D eigenvalue weighted by Crippen LogP contribution is -2.27. The first-order valence-electron chi connectivity index (χ1n) is 6.68. The maximum atomic E-state index is 12.2. The van der Waals surface area contributed by atoms with Gasteiger partial charge >= 0.3 is 0 Å². The second kappa shape index (κ2) is 7.13. The van der Waals surface area contributed by atoms with Gasteiger partial charge in [-0.15, -0.1) is 11.3 Å². The Morgan fingerprint density at radius 3 is 2.91 bits per heavy atom. The van der Waals surface area contributed by atoms with Gasteiger partial charge in [0.05, 0.1) is 16.6 Å². The van der Waals surface area contributed by atoms with Crippen molar-refractivity contribution in [3.63, 3.8) is 0 Å². The fourth-order valence-electron chi connectivity index (χ4n) is 1.93. The second-order valence-electron chi connectivity index (χ2n) is 4.84. The van der Waals surface area contributed by atoms with Crippen molar-refractivity contribution in [3.05, 3.63) is 44.6 Å². The molecule has 3 rings (SSSR count). The number of benzene rings is 1. The average molecular weight is 387 g/mol. The third-order valence-electron chi connectivity index (χ3n) is 3.10. The number of carbonyl (C=O) groups is 1. The van der Waals surface area contributed by atoms with Crippen LogP contribution in [-0.2, 0) is 11.3 Å². The summed E-state index contributed by atoms with van der Waals surface area (Å²) >= 11 is 14.6. The molecule has 0 aliphatic heterocycles. The molecule has 0 bridgehead atoms. The van der Waals surface area contributed by atoms with Gasteiger partial charge in [0, 0.05) is 16.9 Å². The first-order chi connectivity index (χ1) is 11.0. The van der Waals surface area contributed by atoms with Crippen molar-refractivity contribution >= 4 is 63.3 Å². The molecule has 1 aromatic carbocycles. The fraction of sp³-hybridized carbons (Fsp3) is 0.200. The van der Waals surface area contributed by atoms with Crippen LogP contribution in [0.1, 0.15) is 4.88 Å². The van der Waals surface area contributed by atoms with E-state index in [0.717, 1.165) is 9.21 Å². The zero-order valence-corrected chi connectivity index (χ0v) is 15.2. The van der Waals surface area contributed by atoms with Crippen molar-refractivity contribution < 1.29 is 9.21 Å². The Hall–Kier alpha value is -1.21. The molecule has 0 radical (unpaired) electrons. The molecular formula is C15H12Cl2N2O2S2. The Kier molecular flexibility index (Phi) is 5.16. The molecule has 8 heteroatoms. The first-order valence-corrected chi connectivity index (χ1v) is 9.24. The first kappa shape index (κ1) is 16.6. The predicted octanol–water partition coefficient (Wildman–Crippen LogP) is 4.95. The van der Waals surface area contributed by atoms with Crippen LogP contribution < -0.4 is 0 Å². The summed E-state index contributed by atoms with van der Waals surface area (Å²) in [6, 6.07) is 9.00. The molecule has 2 aromatic heterocycles. The highest BCUT2D eigenvalue weighted by Crippen LogP contribution is 2.26. The number of fused-ring (bicyclic) bond motifs is 1. The van der Waals surface area contributed by atoms with Gasteiger partial charge in [0.1, 0.15) is 5.52 Å². The maximum absolute atomic E-state index is 12.2. The van der Waals surface area contributed by atoms with Gasteiger partial charge in [-0.2, -0.15) is 0 Å². The molecule has 0 saturated carbocycles. The van der Waals surface area contributed by atoms with E-state index in [-0.39, 0.29) is 11.7 Å². The molecule has 4 nitrogen and oxygen atoms in total. The number of carbonyl (C=O) groups excluding carboxylic acids is 1. The lowest BCUT2D eigenvalue weighted by molar-refractivity contribution is -0.127. The molecule has 0 fully saturated rings. The lowest BCUT2D eigenvalue weighted by atomic mass is 10.3. The van der Waals surface area contributed by atoms with Crippen molar-refractivity contribution in [2.75, 3.05) is 12.8 Å². The minimum atomic E-state index is -0.000175. The number of rotatable bonds is 5. The summed E-state index contributed by atoms with van der Waals surface area (Å²) in [4.78, 5) is 19.2. The molecule has 0 aliphatic carbocycles. The highest BCUT2D eigenvalue weighted by molar-refractivity contribution is 7.99. The predicted molar refractivity (Wildman–Crippen MR) is 95.5 cm³/mol. The summed E-state index contributed by atoms with van der Waals surface area (Å²) in [6.45, 7) is 0.542. The van der Waals surface area contributed by atoms with Crippen molar-refractivity contribution in [1.82, 2.24) is 9.88 Å². The summed E-state index contributed by atoms with van der Waals surface area (Å²) in [5.74, 6) is 0.260. The number of nitrogens with zero attached hydrogens (tertiary/aromatic N) is 2. The van der Waals surface area contributed by atoms with Gasteiger partial charge < -0.3 is 9.32 Å². The summed E-state index contributed by atoms with van der Waals surface area (Å²) in [5, 5.41) is 1.07. The number of halogens is 2. The fourth-order valence-corrected chi connectivity index (χ4v) is 4.02. The summed E-state index contributed by atoms with van der Waals surface area (Å²) in [6.07, 6.45) is 0. The smallest absolute Gasteiger partial charge is 0.257 e. The second-order valence-corrected chi connectivity index (χ2v) is 8.00. The summed E-state index contributed by atoms with van der Waals surface area (Å²) < 4.78 is 6.30. The van der Waals surface area contributed by atoms with Crippen molar-refractivity contribution in [1.29, 1.82) is 0 Å². The van der Waals surface area contributed by atoms with Crippen molar-refractivity contribution in [3.8, 4) is 0 Å². The molecule has 23 heavy (non-hydrogen) atoms. The van der Waals surface area contributed by atoms with Crippen LogP contribution in [0, 0.1) is 0 Å². The van der Waals surface area contributed by atoms with E-state index in [1.807, 2.05) is 12.1 Å². The van der Waals surface area contributed by atoms with Crippen LogP contribution >= 0.6 is 46.3 Å². The van der Waals surface area contributed by atoms with Crippen LogP contribution in [0.15, 0.2) is 40.0 Å². The molecule has 1 amide bonds. The molecule has 0 atom stereocenters. The SMILES string of the molecule is CN(Cc1ccc(Cl)s1)C(=O)CSc1nc2cc(Cl)ccc2o1. The third-order valence-corrected chi connectivity index (χ3v) is 5.36. The van der Waals surface area contributed by atoms with Gasteiger partial charge in [0.2, 0.25) is 5.91 Å². The third kappa shape index (κ3) is 4.20. The van der Waals surface area contributed by atoms with Gasteiger partial charge in [0.15, 0.2) is 5.58 Å². The van der Waals surface area contributed by atoms with Crippen LogP contribution in [0.5, 0.6) is 0 Å². The number of oxazole rings is 1. The molecule has 0 saturated heterocycles. The van der Waals surface area contributed by atoms with Gasteiger partial charge in [-0.25, -0.2) is 4.98 Å². The highest BCUT2D eigenvalue weighted by atomic mass is 35.5. The van der Waals surface area contributed by atoms with Gasteiger partial charge in [-0.05, 0) is 30.3 Å². The number of aromatic nitrogens is 1. The Morgan fingerprint density at radius 1 is 1.35 bits per heavy atom. The minimum absolute atomic E-state index is 0.000175. The lowest BCUT2D eigenvalue weighted by Gasteiger charge is -2.15. The number of hydrogen-bond acceptors (Lipinski definition) is 5. The normalized spacial score (nSPS) is 11.1. The summed E-state index contributed by atoms with van der Waals surface area (Å²) in [7, 11) is 1.77. The van der Waals surface area contributed by atoms with E-state index in [1.54, 1.807) is 30.1 Å². The zero-order valence-electron chi connectivity index (χ0n) is 12.1. The largest absolute Gasteiger partial charge is 0.431 e. The maximum Gasteiger partial charge on any atom is 0.257 e. The van der Waals surface area contributed by atoms with E-state index in [0.29, 0.717) is 27.9 Å². The standard InChI is InChI=1S/C15H12Cl2N2O2S2/c1-19(7-10-3-5-13(17)23-10)14(20)8-22-15-18-11-6-9(16)2-4-12(11)21-15/h2-6H,7-8H2,1H3. The Balaban J connectivity index is 1.58. The van der Waals surface area contributed by atoms with Crippen LogP contribution in [0.2, 0.25) is 9.36 Å². The van der Waals surface area contributed by atoms with Crippen molar-refractivity contribution in [2.24, 2.45) is 0 Å². The van der Waals surface area contributed by atoms with E-state index >= 15 is 0 Å². The zero-order chi connectivity index (χ0) is 16.4. The molecule has 2 heterocycles. The topological polar surface area (TPSA) is 46.3 Å².